The second-order valence-electron chi connectivity index (χ2n) is 9.01. The van der Waals surface area contributed by atoms with Gasteiger partial charge in [0.2, 0.25) is 0 Å². The Morgan fingerprint density at radius 3 is 2.69 bits per heavy atom. The standard InChI is InChI=1S/C28H26N4O4/c1-3-17-10-11-18-12-13-21(15-24(17)18)32-27(34)25(16(2)31-32)30-29-20-7-4-6-19(14-20)22-8-5-9-23(26(22)33)28(35)36/h4-9,12-15,17,31,33H,3,10-11H2,1-2H3,(H,35,36). The maximum absolute atomic E-state index is 13.2. The zero-order valence-electron chi connectivity index (χ0n) is 20.0. The van der Waals surface area contributed by atoms with Crippen LogP contribution in [-0.2, 0) is 6.42 Å². The molecule has 0 saturated carbocycles. The maximum Gasteiger partial charge on any atom is 0.339 e. The molecule has 0 fully saturated rings. The summed E-state index contributed by atoms with van der Waals surface area (Å²) in [6.07, 6.45) is 3.29. The van der Waals surface area contributed by atoms with Gasteiger partial charge in [0, 0.05) is 5.56 Å². The summed E-state index contributed by atoms with van der Waals surface area (Å²) in [5, 5.41) is 31.3. The molecule has 0 radical (unpaired) electrons. The Morgan fingerprint density at radius 2 is 1.92 bits per heavy atom. The van der Waals surface area contributed by atoms with Crippen molar-refractivity contribution >= 4 is 17.3 Å². The number of hydrogen-bond donors (Lipinski definition) is 3. The number of aromatic nitrogens is 2. The predicted molar refractivity (Wildman–Crippen MR) is 137 cm³/mol. The average Bonchev–Trinajstić information content (AvgIpc) is 3.42. The molecule has 3 aromatic carbocycles. The van der Waals surface area contributed by atoms with E-state index in [1.54, 1.807) is 43.3 Å². The molecule has 182 valence electrons. The van der Waals surface area contributed by atoms with E-state index in [-0.39, 0.29) is 22.6 Å². The second-order valence-corrected chi connectivity index (χ2v) is 9.01. The molecular formula is C28H26N4O4. The summed E-state index contributed by atoms with van der Waals surface area (Å²) in [6, 6.07) is 17.6. The van der Waals surface area contributed by atoms with E-state index >= 15 is 0 Å². The first-order valence-electron chi connectivity index (χ1n) is 11.9. The summed E-state index contributed by atoms with van der Waals surface area (Å²) in [5.74, 6) is -1.00. The number of aryl methyl sites for hydroxylation is 2. The van der Waals surface area contributed by atoms with Gasteiger partial charge in [-0.05, 0) is 79.1 Å². The predicted octanol–water partition coefficient (Wildman–Crippen LogP) is 6.40. The minimum Gasteiger partial charge on any atom is -0.506 e. The number of H-pyrrole nitrogens is 1. The van der Waals surface area contributed by atoms with Gasteiger partial charge >= 0.3 is 5.97 Å². The lowest BCUT2D eigenvalue weighted by Gasteiger charge is -2.10. The van der Waals surface area contributed by atoms with Crippen LogP contribution in [-0.4, -0.2) is 26.0 Å². The van der Waals surface area contributed by atoms with Gasteiger partial charge < -0.3 is 10.2 Å². The van der Waals surface area contributed by atoms with Crippen molar-refractivity contribution in [2.75, 3.05) is 0 Å². The van der Waals surface area contributed by atoms with Crippen LogP contribution in [0.15, 0.2) is 75.7 Å². The summed E-state index contributed by atoms with van der Waals surface area (Å²) < 4.78 is 1.50. The van der Waals surface area contributed by atoms with Crippen LogP contribution in [0.25, 0.3) is 16.8 Å². The lowest BCUT2D eigenvalue weighted by Crippen LogP contribution is -2.14. The van der Waals surface area contributed by atoms with Gasteiger partial charge in [0.1, 0.15) is 11.3 Å². The van der Waals surface area contributed by atoms with Crippen LogP contribution in [0, 0.1) is 6.92 Å². The number of phenols is 1. The van der Waals surface area contributed by atoms with Gasteiger partial charge in [-0.25, -0.2) is 9.48 Å². The van der Waals surface area contributed by atoms with Crippen LogP contribution in [0.2, 0.25) is 0 Å². The van der Waals surface area contributed by atoms with E-state index in [1.807, 2.05) is 6.07 Å². The van der Waals surface area contributed by atoms with Crippen molar-refractivity contribution in [2.45, 2.75) is 39.0 Å². The minimum atomic E-state index is -1.21. The molecule has 1 heterocycles. The van der Waals surface area contributed by atoms with E-state index in [4.69, 9.17) is 0 Å². The molecule has 1 aliphatic rings. The number of carboxylic acid groups (broad SMARTS) is 1. The Bertz CT molecular complexity index is 1560. The number of rotatable bonds is 6. The van der Waals surface area contributed by atoms with Crippen LogP contribution < -0.4 is 5.56 Å². The van der Waals surface area contributed by atoms with E-state index in [0.717, 1.165) is 24.9 Å². The number of fused-ring (bicyclic) bond motifs is 1. The van der Waals surface area contributed by atoms with Crippen LogP contribution in [0.4, 0.5) is 11.4 Å². The summed E-state index contributed by atoms with van der Waals surface area (Å²) in [5.41, 5.74) is 5.19. The Kier molecular flexibility index (Phi) is 6.01. The Hall–Kier alpha value is -4.46. The normalized spacial score (nSPS) is 14.9. The van der Waals surface area contributed by atoms with Gasteiger partial charge in [0.05, 0.1) is 17.1 Å². The highest BCUT2D eigenvalue weighted by atomic mass is 16.4. The zero-order chi connectivity index (χ0) is 25.4. The quantitative estimate of drug-likeness (QED) is 0.275. The van der Waals surface area contributed by atoms with Crippen molar-refractivity contribution in [1.29, 1.82) is 0 Å². The summed E-state index contributed by atoms with van der Waals surface area (Å²) in [4.78, 5) is 24.5. The van der Waals surface area contributed by atoms with Gasteiger partial charge in [0.15, 0.2) is 5.69 Å². The van der Waals surface area contributed by atoms with E-state index in [9.17, 15) is 19.8 Å². The topological polar surface area (TPSA) is 120 Å². The molecule has 4 aromatic rings. The van der Waals surface area contributed by atoms with Gasteiger partial charge in [-0.3, -0.25) is 9.89 Å². The molecule has 8 nitrogen and oxygen atoms in total. The van der Waals surface area contributed by atoms with Crippen LogP contribution in [0.1, 0.15) is 52.9 Å². The van der Waals surface area contributed by atoms with Crippen LogP contribution in [0.3, 0.4) is 0 Å². The highest BCUT2D eigenvalue weighted by molar-refractivity contribution is 5.94. The fraction of sp³-hybridized carbons (Fsp3) is 0.214. The van der Waals surface area contributed by atoms with Gasteiger partial charge in [0.25, 0.3) is 5.56 Å². The third-order valence-corrected chi connectivity index (χ3v) is 6.81. The van der Waals surface area contributed by atoms with E-state index < -0.39 is 5.97 Å². The zero-order valence-corrected chi connectivity index (χ0v) is 20.0. The first-order chi connectivity index (χ1) is 17.4. The minimum absolute atomic E-state index is 0.181. The van der Waals surface area contributed by atoms with E-state index in [1.165, 1.54) is 21.9 Å². The smallest absolute Gasteiger partial charge is 0.339 e. The number of aromatic carboxylic acids is 1. The van der Waals surface area contributed by atoms with E-state index in [2.05, 4.69) is 34.4 Å². The molecule has 1 atom stereocenters. The number of benzene rings is 3. The molecule has 0 bridgehead atoms. The molecule has 0 spiro atoms. The molecule has 1 unspecified atom stereocenters. The molecule has 0 amide bonds. The molecule has 0 saturated heterocycles. The summed E-state index contributed by atoms with van der Waals surface area (Å²) in [6.45, 7) is 3.97. The van der Waals surface area contributed by atoms with Crippen LogP contribution >= 0.6 is 0 Å². The van der Waals surface area contributed by atoms with Crippen molar-refractivity contribution < 1.29 is 15.0 Å². The molecule has 5 rings (SSSR count). The van der Waals surface area contributed by atoms with Crippen molar-refractivity contribution in [2.24, 2.45) is 10.2 Å². The monoisotopic (exact) mass is 482 g/mol. The fourth-order valence-electron chi connectivity index (χ4n) is 4.87. The first-order valence-corrected chi connectivity index (χ1v) is 11.9. The summed E-state index contributed by atoms with van der Waals surface area (Å²) >= 11 is 0. The van der Waals surface area contributed by atoms with Crippen LogP contribution in [0.5, 0.6) is 5.75 Å². The molecule has 3 N–H and O–H groups in total. The number of para-hydroxylation sites is 1. The largest absolute Gasteiger partial charge is 0.506 e. The van der Waals surface area contributed by atoms with E-state index in [0.29, 0.717) is 28.4 Å². The molecule has 0 aliphatic heterocycles. The molecule has 1 aromatic heterocycles. The molecular weight excluding hydrogens is 456 g/mol. The SMILES string of the molecule is CCC1CCc2ccc(-n3[nH]c(C)c(N=Nc4cccc(-c5cccc(C(=O)O)c5O)c4)c3=O)cc21. The van der Waals surface area contributed by atoms with Gasteiger partial charge in [-0.1, -0.05) is 37.3 Å². The van der Waals surface area contributed by atoms with Crippen molar-refractivity contribution in [3.63, 3.8) is 0 Å². The Labute approximate surface area is 207 Å². The first kappa shape index (κ1) is 23.3. The number of azo groups is 1. The third-order valence-electron chi connectivity index (χ3n) is 6.81. The number of aromatic amines is 1. The number of carboxylic acids is 1. The molecule has 1 aliphatic carbocycles. The van der Waals surface area contributed by atoms with Crippen molar-refractivity contribution in [1.82, 2.24) is 9.78 Å². The number of nitrogens with one attached hydrogen (secondary N) is 1. The second kappa shape index (κ2) is 9.30. The van der Waals surface area contributed by atoms with Gasteiger partial charge in [-0.2, -0.15) is 5.11 Å². The molecule has 8 heteroatoms. The highest BCUT2D eigenvalue weighted by Gasteiger charge is 2.22. The van der Waals surface area contributed by atoms with Gasteiger partial charge in [-0.15, -0.1) is 5.11 Å². The lowest BCUT2D eigenvalue weighted by molar-refractivity contribution is 0.0694. The third kappa shape index (κ3) is 4.11. The molecule has 36 heavy (non-hydrogen) atoms. The van der Waals surface area contributed by atoms with Crippen molar-refractivity contribution in [3.05, 3.63) is 93.4 Å². The number of hydrogen-bond acceptors (Lipinski definition) is 5. The number of nitrogens with zero attached hydrogens (tertiary/aromatic N) is 3. The number of carbonyl (C=O) groups is 1. The Morgan fingerprint density at radius 1 is 1.11 bits per heavy atom. The summed E-state index contributed by atoms with van der Waals surface area (Å²) in [7, 11) is 0. The Balaban J connectivity index is 1.46. The number of aromatic hydroxyl groups is 1. The lowest BCUT2D eigenvalue weighted by atomic mass is 9.98. The van der Waals surface area contributed by atoms with Crippen molar-refractivity contribution in [3.8, 4) is 22.6 Å². The maximum atomic E-state index is 13.2. The highest BCUT2D eigenvalue weighted by Crippen LogP contribution is 2.37. The average molecular weight is 483 g/mol. The fourth-order valence-corrected chi connectivity index (χ4v) is 4.87.